The van der Waals surface area contributed by atoms with Crippen molar-refractivity contribution in [2.45, 2.75) is 23.5 Å². The fraction of sp³-hybridized carbons (Fsp3) is 0.267. The number of aromatic nitrogens is 2. The van der Waals surface area contributed by atoms with Crippen LogP contribution in [0.25, 0.3) is 5.69 Å². The zero-order valence-electron chi connectivity index (χ0n) is 24.6. The molecule has 246 valence electrons. The third kappa shape index (κ3) is 6.24. The number of alkyl halides is 3. The molecule has 0 aliphatic carbocycles. The van der Waals surface area contributed by atoms with E-state index >= 15 is 0 Å². The normalized spacial score (nSPS) is 17.5. The van der Waals surface area contributed by atoms with E-state index in [0.29, 0.717) is 43.1 Å². The van der Waals surface area contributed by atoms with Crippen LogP contribution in [-0.4, -0.2) is 71.0 Å². The van der Waals surface area contributed by atoms with Crippen LogP contribution in [0.3, 0.4) is 0 Å². The summed E-state index contributed by atoms with van der Waals surface area (Å²) in [7, 11) is -4.12. The fourth-order valence-electron chi connectivity index (χ4n) is 5.83. The van der Waals surface area contributed by atoms with Crippen molar-refractivity contribution < 1.29 is 36.0 Å². The molecule has 0 saturated carbocycles. The molecule has 1 atom stereocenters. The first kappa shape index (κ1) is 32.0. The van der Waals surface area contributed by atoms with Crippen molar-refractivity contribution in [2.75, 3.05) is 38.0 Å². The Balaban J connectivity index is 1.22. The molecule has 4 aromatic rings. The van der Waals surface area contributed by atoms with Gasteiger partial charge >= 0.3 is 6.18 Å². The van der Waals surface area contributed by atoms with Crippen LogP contribution in [0.1, 0.15) is 34.2 Å². The van der Waals surface area contributed by atoms with E-state index in [1.54, 1.807) is 12.1 Å². The number of nitrogens with zero attached hydrogens (tertiary/aromatic N) is 5. The van der Waals surface area contributed by atoms with Crippen molar-refractivity contribution in [1.82, 2.24) is 19.0 Å². The molecule has 2 aliphatic heterocycles. The third-order valence-corrected chi connectivity index (χ3v) is 10.00. The Kier molecular flexibility index (Phi) is 8.37. The van der Waals surface area contributed by atoms with Gasteiger partial charge in [0.15, 0.2) is 10.6 Å². The third-order valence-electron chi connectivity index (χ3n) is 8.05. The number of rotatable bonds is 8. The Morgan fingerprint density at radius 3 is 2.36 bits per heavy atom. The van der Waals surface area contributed by atoms with Crippen molar-refractivity contribution in [2.24, 2.45) is 5.73 Å². The maximum Gasteiger partial charge on any atom is 0.416 e. The molecule has 1 amide bonds. The number of anilines is 1. The van der Waals surface area contributed by atoms with Gasteiger partial charge in [0.2, 0.25) is 10.0 Å². The number of amides is 1. The maximum absolute atomic E-state index is 13.3. The van der Waals surface area contributed by atoms with Gasteiger partial charge in [-0.2, -0.15) is 22.6 Å². The van der Waals surface area contributed by atoms with Crippen molar-refractivity contribution in [3.63, 3.8) is 0 Å². The van der Waals surface area contributed by atoms with Crippen molar-refractivity contribution >= 4 is 27.3 Å². The number of nitro benzene ring substituents is 1. The van der Waals surface area contributed by atoms with Gasteiger partial charge in [0.05, 0.1) is 27.9 Å². The topological polar surface area (TPSA) is 166 Å². The van der Waals surface area contributed by atoms with Crippen LogP contribution in [0.2, 0.25) is 0 Å². The molecule has 3 heterocycles. The molecular weight excluding hydrogens is 643 g/mol. The van der Waals surface area contributed by atoms with Gasteiger partial charge in [0, 0.05) is 38.8 Å². The molecule has 1 saturated heterocycles. The summed E-state index contributed by atoms with van der Waals surface area (Å²) in [4.78, 5) is 25.1. The van der Waals surface area contributed by atoms with Crippen LogP contribution in [-0.2, 0) is 16.2 Å². The summed E-state index contributed by atoms with van der Waals surface area (Å²) in [5.41, 5.74) is 6.01. The molecular formula is C30H28F3N7O6S. The number of halogens is 3. The Labute approximate surface area is 266 Å². The van der Waals surface area contributed by atoms with Gasteiger partial charge in [-0.1, -0.05) is 18.2 Å². The maximum atomic E-state index is 13.3. The Morgan fingerprint density at radius 2 is 1.70 bits per heavy atom. The highest BCUT2D eigenvalue weighted by atomic mass is 32.2. The number of hydrogen-bond donors (Lipinski definition) is 2. The lowest BCUT2D eigenvalue weighted by molar-refractivity contribution is -0.387. The monoisotopic (exact) mass is 671 g/mol. The number of carbonyl (C=O) groups excluding carboxylic acids is 1. The number of ether oxygens (including phenoxy) is 1. The summed E-state index contributed by atoms with van der Waals surface area (Å²) in [6, 6.07) is 15.7. The predicted octanol–water partition coefficient (Wildman–Crippen LogP) is 4.55. The van der Waals surface area contributed by atoms with Crippen molar-refractivity contribution in [1.29, 1.82) is 0 Å². The lowest BCUT2D eigenvalue weighted by atomic mass is 10.0. The lowest BCUT2D eigenvalue weighted by Gasteiger charge is -2.39. The van der Waals surface area contributed by atoms with Gasteiger partial charge in [-0.15, -0.1) is 0 Å². The number of hydrogen-bond acceptors (Lipinski definition) is 9. The first-order valence-corrected chi connectivity index (χ1v) is 15.9. The summed E-state index contributed by atoms with van der Waals surface area (Å²) in [6.07, 6.45) is -3.92. The highest BCUT2D eigenvalue weighted by molar-refractivity contribution is 7.89. The second-order valence-corrected chi connectivity index (χ2v) is 12.8. The average molecular weight is 672 g/mol. The molecule has 13 nitrogen and oxygen atoms in total. The number of primary amides is 1. The Bertz CT molecular complexity index is 1940. The smallest absolute Gasteiger partial charge is 0.416 e. The van der Waals surface area contributed by atoms with Crippen LogP contribution in [0.4, 0.5) is 24.5 Å². The van der Waals surface area contributed by atoms with Crippen LogP contribution in [0.5, 0.6) is 11.5 Å². The van der Waals surface area contributed by atoms with E-state index in [1.165, 1.54) is 51.5 Å². The minimum atomic E-state index is -4.52. The molecule has 1 fully saturated rings. The quantitative estimate of drug-likeness (QED) is 0.202. The minimum Gasteiger partial charge on any atom is -0.457 e. The number of carbonyl (C=O) groups is 1. The molecule has 2 aliphatic rings. The molecule has 0 spiro atoms. The van der Waals surface area contributed by atoms with Crippen molar-refractivity contribution in [3.05, 3.63) is 99.9 Å². The second kappa shape index (κ2) is 12.3. The first-order chi connectivity index (χ1) is 22.3. The molecule has 3 N–H and O–H groups in total. The number of piperazine rings is 1. The number of nitrogens with one attached hydrogen (secondary N) is 1. The minimum absolute atomic E-state index is 0.00174. The van der Waals surface area contributed by atoms with Gasteiger partial charge < -0.3 is 15.8 Å². The Hall–Kier alpha value is -5.00. The lowest BCUT2D eigenvalue weighted by Crippen LogP contribution is -2.50. The summed E-state index contributed by atoms with van der Waals surface area (Å²) >= 11 is 0. The highest BCUT2D eigenvalue weighted by Crippen LogP contribution is 2.38. The number of benzene rings is 3. The van der Waals surface area contributed by atoms with E-state index in [1.807, 2.05) is 0 Å². The van der Waals surface area contributed by atoms with E-state index in [-0.39, 0.29) is 41.2 Å². The first-order valence-electron chi connectivity index (χ1n) is 14.4. The molecule has 3 aromatic carbocycles. The molecule has 47 heavy (non-hydrogen) atoms. The molecule has 0 bridgehead atoms. The molecule has 1 aromatic heterocycles. The van der Waals surface area contributed by atoms with Crippen LogP contribution >= 0.6 is 0 Å². The molecule has 17 heteroatoms. The van der Waals surface area contributed by atoms with E-state index < -0.39 is 38.3 Å². The van der Waals surface area contributed by atoms with E-state index in [2.05, 4.69) is 10.2 Å². The van der Waals surface area contributed by atoms with E-state index in [0.717, 1.165) is 18.2 Å². The molecule has 0 radical (unpaired) electrons. The van der Waals surface area contributed by atoms with Crippen LogP contribution < -0.4 is 15.8 Å². The SMILES string of the molecule is NC(=O)c1c2c(nn1-c1ccc(Oc3cccc(C(F)(F)F)c3)cc1)[C@H](N1CCN(S(=O)(=O)c3ccccc3[N+](=O)[O-])CC1)CCN2. The van der Waals surface area contributed by atoms with Gasteiger partial charge in [-0.25, -0.2) is 13.1 Å². The summed E-state index contributed by atoms with van der Waals surface area (Å²) in [5, 5.41) is 19.4. The standard InChI is InChI=1S/C30H28F3N7O6S/c31-30(32,33)19-4-3-5-22(18-19)46-21-10-8-20(9-11-21)39-28(29(34)41)27-26(36-39)24(12-13-35-27)37-14-16-38(17-15-37)47(44,45)25-7-2-1-6-23(25)40(42)43/h1-11,18,24,35H,12-17H2,(H2,34,41)/t24-/m1/s1. The van der Waals surface area contributed by atoms with Crippen molar-refractivity contribution in [3.8, 4) is 17.2 Å². The zero-order valence-corrected chi connectivity index (χ0v) is 25.4. The molecule has 6 rings (SSSR count). The highest BCUT2D eigenvalue weighted by Gasteiger charge is 2.38. The Morgan fingerprint density at radius 1 is 1.00 bits per heavy atom. The average Bonchev–Trinajstić information content (AvgIpc) is 3.45. The largest absolute Gasteiger partial charge is 0.457 e. The van der Waals surface area contributed by atoms with Gasteiger partial charge in [0.1, 0.15) is 17.2 Å². The summed E-state index contributed by atoms with van der Waals surface area (Å²) in [6.45, 7) is 1.28. The van der Waals surface area contributed by atoms with E-state index in [9.17, 15) is 36.5 Å². The second-order valence-electron chi connectivity index (χ2n) is 10.9. The predicted molar refractivity (Wildman–Crippen MR) is 163 cm³/mol. The number of nitro groups is 1. The van der Waals surface area contributed by atoms with Gasteiger partial charge in [0.25, 0.3) is 11.6 Å². The van der Waals surface area contributed by atoms with Gasteiger partial charge in [-0.3, -0.25) is 19.8 Å². The van der Waals surface area contributed by atoms with Gasteiger partial charge in [-0.05, 0) is 55.0 Å². The van der Waals surface area contributed by atoms with Crippen LogP contribution in [0.15, 0.2) is 77.7 Å². The fourth-order valence-corrected chi connectivity index (χ4v) is 7.41. The number of fused-ring (bicyclic) bond motifs is 1. The number of sulfonamides is 1. The van der Waals surface area contributed by atoms with Crippen LogP contribution in [0, 0.1) is 10.1 Å². The number of para-hydroxylation sites is 1. The molecule has 0 unspecified atom stereocenters. The summed E-state index contributed by atoms with van der Waals surface area (Å²) in [5.74, 6) is -0.478. The van der Waals surface area contributed by atoms with E-state index in [4.69, 9.17) is 15.6 Å². The summed E-state index contributed by atoms with van der Waals surface area (Å²) < 4.78 is 74.2. The number of nitrogens with two attached hydrogens (primary N) is 1. The zero-order chi connectivity index (χ0) is 33.5.